The van der Waals surface area contributed by atoms with Gasteiger partial charge in [-0.3, -0.25) is 4.79 Å². The van der Waals surface area contributed by atoms with Crippen LogP contribution in [0.3, 0.4) is 0 Å². The zero-order valence-electron chi connectivity index (χ0n) is 12.8. The number of rotatable bonds is 4. The lowest BCUT2D eigenvalue weighted by Gasteiger charge is -2.26. The molecule has 0 radical (unpaired) electrons. The topological polar surface area (TPSA) is 113 Å². The molecule has 3 N–H and O–H groups in total. The molecule has 7 nitrogen and oxygen atoms in total. The van der Waals surface area contributed by atoms with E-state index < -0.39 is 15.8 Å². The molecular weight excluding hydrogens is 320 g/mol. The Morgan fingerprint density at radius 3 is 2.13 bits per heavy atom. The van der Waals surface area contributed by atoms with Gasteiger partial charge in [-0.15, -0.1) is 0 Å². The Morgan fingerprint density at radius 2 is 1.65 bits per heavy atom. The Balaban J connectivity index is 1.85. The van der Waals surface area contributed by atoms with Crippen molar-refractivity contribution in [3.05, 3.63) is 24.3 Å². The van der Waals surface area contributed by atoms with E-state index in [4.69, 9.17) is 5.11 Å². The van der Waals surface area contributed by atoms with Crippen LogP contribution in [0.25, 0.3) is 0 Å². The van der Waals surface area contributed by atoms with Gasteiger partial charge in [-0.2, -0.15) is 0 Å². The number of carbonyl (C=O) groups excluding carboxylic acids is 1. The van der Waals surface area contributed by atoms with Gasteiger partial charge in [0.1, 0.15) is 0 Å². The number of carboxylic acids is 1. The first kappa shape index (κ1) is 17.3. The second-order valence-electron chi connectivity index (χ2n) is 5.78. The summed E-state index contributed by atoms with van der Waals surface area (Å²) in [4.78, 5) is 23.0. The summed E-state index contributed by atoms with van der Waals surface area (Å²) in [6.45, 7) is 0. The summed E-state index contributed by atoms with van der Waals surface area (Å²) in [7, 11) is -3.26. The average molecular weight is 340 g/mol. The van der Waals surface area contributed by atoms with Crippen molar-refractivity contribution in [2.24, 2.45) is 5.92 Å². The number of urea groups is 1. The van der Waals surface area contributed by atoms with Gasteiger partial charge in [-0.05, 0) is 49.9 Å². The molecule has 1 aromatic rings. The second-order valence-corrected chi connectivity index (χ2v) is 7.80. The highest BCUT2D eigenvalue weighted by Crippen LogP contribution is 2.24. The molecule has 8 heteroatoms. The molecule has 0 saturated heterocycles. The van der Waals surface area contributed by atoms with E-state index in [9.17, 15) is 18.0 Å². The van der Waals surface area contributed by atoms with Crippen molar-refractivity contribution in [2.75, 3.05) is 11.6 Å². The van der Waals surface area contributed by atoms with E-state index in [1.54, 1.807) is 0 Å². The average Bonchev–Trinajstić information content (AvgIpc) is 2.47. The third-order valence-corrected chi connectivity index (χ3v) is 5.08. The molecule has 0 bridgehead atoms. The first-order chi connectivity index (χ1) is 10.8. The fourth-order valence-corrected chi connectivity index (χ4v) is 3.25. The zero-order valence-corrected chi connectivity index (χ0v) is 13.6. The van der Waals surface area contributed by atoms with Crippen LogP contribution < -0.4 is 10.6 Å². The van der Waals surface area contributed by atoms with E-state index >= 15 is 0 Å². The van der Waals surface area contributed by atoms with Gasteiger partial charge in [0.2, 0.25) is 0 Å². The third-order valence-electron chi connectivity index (χ3n) is 3.95. The van der Waals surface area contributed by atoms with Crippen molar-refractivity contribution in [3.8, 4) is 0 Å². The minimum atomic E-state index is -3.26. The summed E-state index contributed by atoms with van der Waals surface area (Å²) >= 11 is 0. The number of sulfone groups is 1. The molecule has 1 saturated carbocycles. The van der Waals surface area contributed by atoms with Crippen LogP contribution in [0.15, 0.2) is 29.2 Å². The molecule has 0 aliphatic heterocycles. The second kappa shape index (κ2) is 6.99. The molecule has 126 valence electrons. The summed E-state index contributed by atoms with van der Waals surface area (Å²) in [6.07, 6.45) is 3.51. The number of aliphatic carboxylic acids is 1. The smallest absolute Gasteiger partial charge is 0.319 e. The molecule has 23 heavy (non-hydrogen) atoms. The zero-order chi connectivity index (χ0) is 17.0. The molecule has 1 aliphatic carbocycles. The van der Waals surface area contributed by atoms with Crippen LogP contribution in [-0.2, 0) is 14.6 Å². The quantitative estimate of drug-likeness (QED) is 0.774. The van der Waals surface area contributed by atoms with E-state index in [0.29, 0.717) is 31.4 Å². The van der Waals surface area contributed by atoms with Crippen LogP contribution in [0.5, 0.6) is 0 Å². The monoisotopic (exact) mass is 340 g/mol. The Morgan fingerprint density at radius 1 is 1.09 bits per heavy atom. The summed E-state index contributed by atoms with van der Waals surface area (Å²) in [5.41, 5.74) is 0.495. The highest BCUT2D eigenvalue weighted by molar-refractivity contribution is 7.90. The van der Waals surface area contributed by atoms with Crippen molar-refractivity contribution in [2.45, 2.75) is 36.6 Å². The van der Waals surface area contributed by atoms with Gasteiger partial charge in [0.05, 0.1) is 10.8 Å². The van der Waals surface area contributed by atoms with Crippen LogP contribution >= 0.6 is 0 Å². The minimum absolute atomic E-state index is 0.0408. The molecule has 1 aliphatic rings. The lowest BCUT2D eigenvalue weighted by atomic mass is 9.86. The molecule has 0 spiro atoms. The van der Waals surface area contributed by atoms with Crippen LogP contribution in [0.1, 0.15) is 25.7 Å². The predicted molar refractivity (Wildman–Crippen MR) is 85.1 cm³/mol. The first-order valence-electron chi connectivity index (χ1n) is 7.36. The number of carboxylic acid groups (broad SMARTS) is 1. The van der Waals surface area contributed by atoms with Gasteiger partial charge < -0.3 is 15.7 Å². The van der Waals surface area contributed by atoms with Crippen LogP contribution in [0.2, 0.25) is 0 Å². The highest BCUT2D eigenvalue weighted by atomic mass is 32.2. The van der Waals surface area contributed by atoms with Gasteiger partial charge in [-0.25, -0.2) is 13.2 Å². The number of hydrogen-bond donors (Lipinski definition) is 3. The number of amides is 2. The Hall–Kier alpha value is -2.09. The largest absolute Gasteiger partial charge is 0.481 e. The molecule has 0 atom stereocenters. The number of anilines is 1. The normalized spacial score (nSPS) is 21.4. The summed E-state index contributed by atoms with van der Waals surface area (Å²) < 4.78 is 22.7. The van der Waals surface area contributed by atoms with Crippen molar-refractivity contribution >= 4 is 27.5 Å². The van der Waals surface area contributed by atoms with Crippen LogP contribution in [0.4, 0.5) is 10.5 Å². The van der Waals surface area contributed by atoms with E-state index in [1.165, 1.54) is 24.3 Å². The van der Waals surface area contributed by atoms with Gasteiger partial charge in [0.25, 0.3) is 0 Å². The van der Waals surface area contributed by atoms with Gasteiger partial charge >= 0.3 is 12.0 Å². The molecule has 0 aromatic heterocycles. The maximum atomic E-state index is 11.9. The number of benzene rings is 1. The van der Waals surface area contributed by atoms with E-state index in [1.807, 2.05) is 0 Å². The minimum Gasteiger partial charge on any atom is -0.481 e. The lowest BCUT2D eigenvalue weighted by molar-refractivity contribution is -0.142. The van der Waals surface area contributed by atoms with Crippen molar-refractivity contribution in [1.82, 2.24) is 5.32 Å². The fourth-order valence-electron chi connectivity index (χ4n) is 2.62. The maximum Gasteiger partial charge on any atom is 0.319 e. The number of nitrogens with one attached hydrogen (secondary N) is 2. The maximum absolute atomic E-state index is 11.9. The molecule has 1 aromatic carbocycles. The Labute approximate surface area is 135 Å². The fraction of sp³-hybridized carbons (Fsp3) is 0.467. The molecule has 2 amide bonds. The van der Waals surface area contributed by atoms with Crippen molar-refractivity contribution in [1.29, 1.82) is 0 Å². The van der Waals surface area contributed by atoms with E-state index in [0.717, 1.165) is 6.26 Å². The summed E-state index contributed by atoms with van der Waals surface area (Å²) in [5, 5.41) is 14.4. The van der Waals surface area contributed by atoms with Crippen molar-refractivity contribution < 1.29 is 23.1 Å². The van der Waals surface area contributed by atoms with Gasteiger partial charge in [-0.1, -0.05) is 0 Å². The number of hydrogen-bond acceptors (Lipinski definition) is 4. The molecular formula is C15H20N2O5S. The van der Waals surface area contributed by atoms with Crippen LogP contribution in [0, 0.1) is 5.92 Å². The standard InChI is InChI=1S/C15H20N2O5S/c1-23(21,22)13-8-6-12(7-9-13)17-15(20)16-11-4-2-10(3-5-11)14(18)19/h6-11H,2-5H2,1H3,(H,18,19)(H2,16,17,20). The summed E-state index contributed by atoms with van der Waals surface area (Å²) in [5.74, 6) is -1.10. The number of carbonyl (C=O) groups is 2. The van der Waals surface area contributed by atoms with Gasteiger partial charge in [0, 0.05) is 18.0 Å². The Kier molecular flexibility index (Phi) is 5.25. The molecule has 2 rings (SSSR count). The summed E-state index contributed by atoms with van der Waals surface area (Å²) in [6, 6.07) is 5.50. The van der Waals surface area contributed by atoms with E-state index in [2.05, 4.69) is 10.6 Å². The molecule has 0 unspecified atom stereocenters. The first-order valence-corrected chi connectivity index (χ1v) is 9.25. The van der Waals surface area contributed by atoms with E-state index in [-0.39, 0.29) is 22.9 Å². The van der Waals surface area contributed by atoms with Gasteiger partial charge in [0.15, 0.2) is 9.84 Å². The van der Waals surface area contributed by atoms with Crippen LogP contribution in [-0.4, -0.2) is 37.8 Å². The SMILES string of the molecule is CS(=O)(=O)c1ccc(NC(=O)NC2CCC(C(=O)O)CC2)cc1. The highest BCUT2D eigenvalue weighted by Gasteiger charge is 2.26. The predicted octanol–water partition coefficient (Wildman–Crippen LogP) is 1.85. The third kappa shape index (κ3) is 4.95. The van der Waals surface area contributed by atoms with Crippen molar-refractivity contribution in [3.63, 3.8) is 0 Å². The lowest BCUT2D eigenvalue weighted by Crippen LogP contribution is -2.40. The molecule has 1 fully saturated rings. The molecule has 0 heterocycles. The Bertz CT molecular complexity index is 676.